The molecule has 2 atom stereocenters. The van der Waals surface area contributed by atoms with Crippen LogP contribution in [0.15, 0.2) is 0 Å². The minimum absolute atomic E-state index is 0.0102. The van der Waals surface area contributed by atoms with Gasteiger partial charge in [0.25, 0.3) is 0 Å². The molecule has 6 nitrogen and oxygen atoms in total. The summed E-state index contributed by atoms with van der Waals surface area (Å²) < 4.78 is 26.4. The van der Waals surface area contributed by atoms with Gasteiger partial charge in [-0.15, -0.1) is 0 Å². The van der Waals surface area contributed by atoms with Crippen LogP contribution in [-0.4, -0.2) is 61.1 Å². The first-order chi connectivity index (χ1) is 11.5. The molecule has 4 rings (SSSR count). The normalized spacial score (nSPS) is 32.6. The predicted molar refractivity (Wildman–Crippen MR) is 92.1 cm³/mol. The zero-order valence-corrected chi connectivity index (χ0v) is 15.1. The lowest BCUT2D eigenvalue weighted by Crippen LogP contribution is -2.54. The summed E-state index contributed by atoms with van der Waals surface area (Å²) >= 11 is 0. The van der Waals surface area contributed by atoms with Crippen molar-refractivity contribution in [3.63, 3.8) is 0 Å². The fraction of sp³-hybridized carbons (Fsp3) is 0.941. The molecular formula is C17H29N3O3S. The van der Waals surface area contributed by atoms with Crippen molar-refractivity contribution >= 4 is 16.1 Å². The quantitative estimate of drug-likeness (QED) is 0.836. The second-order valence-corrected chi connectivity index (χ2v) is 10.3. The van der Waals surface area contributed by atoms with E-state index in [9.17, 15) is 13.2 Å². The molecule has 0 aromatic heterocycles. The summed E-state index contributed by atoms with van der Waals surface area (Å²) in [6.07, 6.45) is 8.32. The Kier molecular flexibility index (Phi) is 4.49. The highest BCUT2D eigenvalue weighted by atomic mass is 32.2. The van der Waals surface area contributed by atoms with Crippen molar-refractivity contribution in [2.24, 2.45) is 11.8 Å². The van der Waals surface area contributed by atoms with E-state index >= 15 is 0 Å². The van der Waals surface area contributed by atoms with Crippen LogP contribution in [0.1, 0.15) is 51.4 Å². The van der Waals surface area contributed by atoms with Gasteiger partial charge < -0.3 is 10.2 Å². The Labute approximate surface area is 145 Å². The highest BCUT2D eigenvalue weighted by molar-refractivity contribution is 7.90. The van der Waals surface area contributed by atoms with Crippen molar-refractivity contribution in [3.8, 4) is 0 Å². The van der Waals surface area contributed by atoms with Crippen molar-refractivity contribution < 1.29 is 13.2 Å². The SMILES string of the molecule is O=C(N[C@@H]1CCCN(S(=O)(=O)C2CC2)C1)N1CCCC(C2CC2)C1. The molecule has 2 heterocycles. The van der Waals surface area contributed by atoms with Crippen LogP contribution >= 0.6 is 0 Å². The molecule has 2 amide bonds. The Balaban J connectivity index is 1.31. The molecule has 0 bridgehead atoms. The number of carbonyl (C=O) groups excluding carboxylic acids is 1. The zero-order valence-electron chi connectivity index (χ0n) is 14.3. The number of sulfonamides is 1. The van der Waals surface area contributed by atoms with E-state index in [1.807, 2.05) is 4.90 Å². The van der Waals surface area contributed by atoms with Crippen LogP contribution < -0.4 is 5.32 Å². The highest BCUT2D eigenvalue weighted by Crippen LogP contribution is 2.41. The van der Waals surface area contributed by atoms with Crippen LogP contribution in [0.5, 0.6) is 0 Å². The lowest BCUT2D eigenvalue weighted by molar-refractivity contribution is 0.151. The predicted octanol–water partition coefficient (Wildman–Crippen LogP) is 1.77. The first-order valence-electron chi connectivity index (χ1n) is 9.58. The van der Waals surface area contributed by atoms with Gasteiger partial charge in [-0.25, -0.2) is 13.2 Å². The topological polar surface area (TPSA) is 69.7 Å². The van der Waals surface area contributed by atoms with Crippen molar-refractivity contribution in [2.45, 2.75) is 62.7 Å². The summed E-state index contributed by atoms with van der Waals surface area (Å²) in [4.78, 5) is 14.6. The van der Waals surface area contributed by atoms with Gasteiger partial charge in [0, 0.05) is 32.2 Å². The van der Waals surface area contributed by atoms with Crippen LogP contribution in [0.4, 0.5) is 4.79 Å². The fourth-order valence-electron chi connectivity index (χ4n) is 4.28. The molecule has 2 aliphatic heterocycles. The minimum Gasteiger partial charge on any atom is -0.334 e. The molecule has 1 N–H and O–H groups in total. The minimum atomic E-state index is -3.13. The largest absolute Gasteiger partial charge is 0.334 e. The Bertz CT molecular complexity index is 586. The standard InChI is InChI=1S/C17H29N3O3S/c21-17(19-9-1-3-14(11-19)13-5-6-13)18-15-4-2-10-20(12-15)24(22,23)16-7-8-16/h13-16H,1-12H2,(H,18,21)/t14?,15-/m1/s1. The van der Waals surface area contributed by atoms with Gasteiger partial charge in [-0.3, -0.25) is 0 Å². The van der Waals surface area contributed by atoms with E-state index in [2.05, 4.69) is 5.32 Å². The Morgan fingerprint density at radius 2 is 1.62 bits per heavy atom. The number of hydrogen-bond acceptors (Lipinski definition) is 3. The molecule has 0 aromatic rings. The number of urea groups is 1. The van der Waals surface area contributed by atoms with Crippen molar-refractivity contribution in [1.29, 1.82) is 0 Å². The van der Waals surface area contributed by atoms with Crippen molar-refractivity contribution in [1.82, 2.24) is 14.5 Å². The summed E-state index contributed by atoms with van der Waals surface area (Å²) in [6.45, 7) is 2.78. The molecule has 136 valence electrons. The number of amides is 2. The highest BCUT2D eigenvalue weighted by Gasteiger charge is 2.42. The number of carbonyl (C=O) groups is 1. The van der Waals surface area contributed by atoms with E-state index in [1.165, 1.54) is 19.3 Å². The van der Waals surface area contributed by atoms with Crippen LogP contribution in [0.3, 0.4) is 0 Å². The number of hydrogen-bond donors (Lipinski definition) is 1. The number of rotatable bonds is 4. The second-order valence-electron chi connectivity index (χ2n) is 8.08. The van der Waals surface area contributed by atoms with Gasteiger partial charge in [0.1, 0.15) is 0 Å². The molecule has 4 aliphatic rings. The van der Waals surface area contributed by atoms with Crippen LogP contribution in [0.2, 0.25) is 0 Å². The Hall–Kier alpha value is -0.820. The molecule has 1 unspecified atom stereocenters. The smallest absolute Gasteiger partial charge is 0.317 e. The maximum Gasteiger partial charge on any atom is 0.317 e. The average Bonchev–Trinajstić information content (AvgIpc) is 3.48. The van der Waals surface area contributed by atoms with Crippen LogP contribution in [0, 0.1) is 11.8 Å². The second kappa shape index (κ2) is 6.48. The van der Waals surface area contributed by atoms with Crippen LogP contribution in [0.25, 0.3) is 0 Å². The van der Waals surface area contributed by atoms with E-state index in [0.29, 0.717) is 19.0 Å². The number of nitrogens with zero attached hydrogens (tertiary/aromatic N) is 2. The van der Waals surface area contributed by atoms with E-state index in [-0.39, 0.29) is 17.3 Å². The summed E-state index contributed by atoms with van der Waals surface area (Å²) in [6, 6.07) is -0.0305. The van der Waals surface area contributed by atoms with E-state index < -0.39 is 10.0 Å². The van der Waals surface area contributed by atoms with Crippen LogP contribution in [-0.2, 0) is 10.0 Å². The Morgan fingerprint density at radius 3 is 2.33 bits per heavy atom. The fourth-order valence-corrected chi connectivity index (χ4v) is 6.21. The summed E-state index contributed by atoms with van der Waals surface area (Å²) in [5, 5.41) is 2.95. The van der Waals surface area contributed by atoms with Crippen molar-refractivity contribution in [3.05, 3.63) is 0 Å². The maximum atomic E-state index is 12.6. The third-order valence-electron chi connectivity index (χ3n) is 6.05. The van der Waals surface area contributed by atoms with Gasteiger partial charge in [0.2, 0.25) is 10.0 Å². The van der Waals surface area contributed by atoms with E-state index in [4.69, 9.17) is 0 Å². The van der Waals surface area contributed by atoms with E-state index in [1.54, 1.807) is 4.31 Å². The third kappa shape index (κ3) is 3.57. The van der Waals surface area contributed by atoms with E-state index in [0.717, 1.165) is 51.1 Å². The molecule has 2 saturated heterocycles. The van der Waals surface area contributed by atoms with Gasteiger partial charge >= 0.3 is 6.03 Å². The van der Waals surface area contributed by atoms with Gasteiger partial charge in [-0.05, 0) is 63.2 Å². The maximum absolute atomic E-state index is 12.6. The molecule has 7 heteroatoms. The van der Waals surface area contributed by atoms with Gasteiger partial charge in [0.05, 0.1) is 5.25 Å². The molecule has 4 fully saturated rings. The molecule has 2 saturated carbocycles. The zero-order chi connectivity index (χ0) is 16.7. The van der Waals surface area contributed by atoms with Gasteiger partial charge in [-0.1, -0.05) is 0 Å². The van der Waals surface area contributed by atoms with Gasteiger partial charge in [-0.2, -0.15) is 4.31 Å². The molecule has 2 aliphatic carbocycles. The van der Waals surface area contributed by atoms with Gasteiger partial charge in [0.15, 0.2) is 0 Å². The molecular weight excluding hydrogens is 326 g/mol. The molecule has 0 radical (unpaired) electrons. The lowest BCUT2D eigenvalue weighted by atomic mass is 9.93. The summed E-state index contributed by atoms with van der Waals surface area (Å²) in [7, 11) is -3.13. The monoisotopic (exact) mass is 355 g/mol. The number of likely N-dealkylation sites (tertiary alicyclic amines) is 1. The van der Waals surface area contributed by atoms with Crippen molar-refractivity contribution in [2.75, 3.05) is 26.2 Å². The first kappa shape index (κ1) is 16.6. The molecule has 0 aromatic carbocycles. The number of nitrogens with one attached hydrogen (secondary N) is 1. The average molecular weight is 356 g/mol. The first-order valence-corrected chi connectivity index (χ1v) is 11.1. The Morgan fingerprint density at radius 1 is 0.875 bits per heavy atom. The summed E-state index contributed by atoms with van der Waals surface area (Å²) in [5.41, 5.74) is 0. The third-order valence-corrected chi connectivity index (χ3v) is 8.42. The number of piperidine rings is 2. The summed E-state index contributed by atoms with van der Waals surface area (Å²) in [5.74, 6) is 1.53. The lowest BCUT2D eigenvalue weighted by Gasteiger charge is -2.36. The molecule has 24 heavy (non-hydrogen) atoms. The molecule has 0 spiro atoms.